The summed E-state index contributed by atoms with van der Waals surface area (Å²) in [6, 6.07) is 1.51. The Bertz CT molecular complexity index is 530. The van der Waals surface area contributed by atoms with E-state index >= 15 is 0 Å². The third-order valence-electron chi connectivity index (χ3n) is 3.90. The first-order valence-electron chi connectivity index (χ1n) is 6.18. The van der Waals surface area contributed by atoms with E-state index in [1.54, 1.807) is 11.6 Å². The average molecular weight is 272 g/mol. The molecule has 102 valence electrons. The summed E-state index contributed by atoms with van der Waals surface area (Å²) in [5.74, 6) is 0. The number of aliphatic hydroxyl groups is 1. The Hall–Kier alpha value is -0.850. The summed E-state index contributed by atoms with van der Waals surface area (Å²) in [5.41, 5.74) is 0.772. The standard InChI is InChI=1S/C12H20N2O3S/c1-3-12(4-5-12)9-13-18(16,17)11-6-10(8-15)14(2)7-11/h6-7,13,15H,3-5,8-9H2,1-2H3. The molecule has 1 fully saturated rings. The summed E-state index contributed by atoms with van der Waals surface area (Å²) >= 11 is 0. The van der Waals surface area contributed by atoms with Gasteiger partial charge in [0.2, 0.25) is 10.0 Å². The predicted molar refractivity (Wildman–Crippen MR) is 68.5 cm³/mol. The van der Waals surface area contributed by atoms with Crippen molar-refractivity contribution in [2.75, 3.05) is 6.54 Å². The maximum atomic E-state index is 12.1. The number of aromatic nitrogens is 1. The number of aryl methyl sites for hydroxylation is 1. The summed E-state index contributed by atoms with van der Waals surface area (Å²) in [6.45, 7) is 2.44. The summed E-state index contributed by atoms with van der Waals surface area (Å²) in [5, 5.41) is 9.07. The van der Waals surface area contributed by atoms with Crippen molar-refractivity contribution in [1.82, 2.24) is 9.29 Å². The summed E-state index contributed by atoms with van der Waals surface area (Å²) in [4.78, 5) is 0.223. The molecule has 1 heterocycles. The van der Waals surface area contributed by atoms with Crippen LogP contribution in [0.1, 0.15) is 31.9 Å². The zero-order valence-electron chi connectivity index (χ0n) is 10.8. The molecule has 18 heavy (non-hydrogen) atoms. The molecule has 0 radical (unpaired) electrons. The zero-order chi connectivity index (χ0) is 13.4. The fourth-order valence-corrected chi connectivity index (χ4v) is 3.30. The molecule has 0 saturated heterocycles. The third kappa shape index (κ3) is 2.60. The first-order valence-corrected chi connectivity index (χ1v) is 7.66. The molecule has 0 bridgehead atoms. The lowest BCUT2D eigenvalue weighted by Gasteiger charge is -2.12. The van der Waals surface area contributed by atoms with E-state index in [1.807, 2.05) is 0 Å². The van der Waals surface area contributed by atoms with Crippen LogP contribution >= 0.6 is 0 Å². The van der Waals surface area contributed by atoms with Crippen molar-refractivity contribution in [2.24, 2.45) is 12.5 Å². The van der Waals surface area contributed by atoms with Gasteiger partial charge in [0, 0.05) is 25.5 Å². The molecule has 1 aromatic rings. The van der Waals surface area contributed by atoms with Gasteiger partial charge in [-0.1, -0.05) is 6.92 Å². The van der Waals surface area contributed by atoms with E-state index in [1.165, 1.54) is 12.3 Å². The fourth-order valence-electron chi connectivity index (χ4n) is 2.04. The number of nitrogens with zero attached hydrogens (tertiary/aromatic N) is 1. The summed E-state index contributed by atoms with van der Waals surface area (Å²) in [6.07, 6.45) is 4.73. The van der Waals surface area contributed by atoms with Gasteiger partial charge in [-0.15, -0.1) is 0 Å². The third-order valence-corrected chi connectivity index (χ3v) is 5.27. The molecule has 2 rings (SSSR count). The van der Waals surface area contributed by atoms with E-state index in [-0.39, 0.29) is 16.9 Å². The van der Waals surface area contributed by atoms with E-state index in [2.05, 4.69) is 11.6 Å². The van der Waals surface area contributed by atoms with Crippen LogP contribution in [0.15, 0.2) is 17.2 Å². The molecule has 1 saturated carbocycles. The normalized spacial score (nSPS) is 17.9. The van der Waals surface area contributed by atoms with Crippen molar-refractivity contribution in [3.05, 3.63) is 18.0 Å². The monoisotopic (exact) mass is 272 g/mol. The van der Waals surface area contributed by atoms with Crippen molar-refractivity contribution in [3.63, 3.8) is 0 Å². The van der Waals surface area contributed by atoms with Crippen molar-refractivity contribution < 1.29 is 13.5 Å². The molecular formula is C12H20N2O3S. The molecular weight excluding hydrogens is 252 g/mol. The summed E-state index contributed by atoms with van der Waals surface area (Å²) in [7, 11) is -1.74. The zero-order valence-corrected chi connectivity index (χ0v) is 11.6. The van der Waals surface area contributed by atoms with Gasteiger partial charge in [-0.05, 0) is 30.7 Å². The van der Waals surface area contributed by atoms with Gasteiger partial charge < -0.3 is 9.67 Å². The molecule has 0 amide bonds. The van der Waals surface area contributed by atoms with E-state index in [0.717, 1.165) is 19.3 Å². The second kappa shape index (κ2) is 4.68. The van der Waals surface area contributed by atoms with E-state index < -0.39 is 10.0 Å². The Balaban J connectivity index is 2.10. The second-order valence-electron chi connectivity index (χ2n) is 5.11. The minimum atomic E-state index is -3.46. The van der Waals surface area contributed by atoms with Crippen LogP contribution in [0.4, 0.5) is 0 Å². The molecule has 2 N–H and O–H groups in total. The van der Waals surface area contributed by atoms with Crippen molar-refractivity contribution in [3.8, 4) is 0 Å². The Kier molecular flexibility index (Phi) is 3.53. The van der Waals surface area contributed by atoms with Crippen LogP contribution < -0.4 is 4.72 Å². The van der Waals surface area contributed by atoms with Gasteiger partial charge in [-0.2, -0.15) is 0 Å². The molecule has 0 spiro atoms. The van der Waals surface area contributed by atoms with Crippen molar-refractivity contribution in [2.45, 2.75) is 37.7 Å². The second-order valence-corrected chi connectivity index (χ2v) is 6.88. The van der Waals surface area contributed by atoms with Crippen molar-refractivity contribution >= 4 is 10.0 Å². The number of rotatable bonds is 6. The number of aliphatic hydroxyl groups excluding tert-OH is 1. The Labute approximate surface area is 108 Å². The molecule has 0 aliphatic heterocycles. The highest BCUT2D eigenvalue weighted by molar-refractivity contribution is 7.89. The minimum absolute atomic E-state index is 0.162. The van der Waals surface area contributed by atoms with Crippen LogP contribution in [0, 0.1) is 5.41 Å². The van der Waals surface area contributed by atoms with Gasteiger partial charge in [0.05, 0.1) is 11.5 Å². The highest BCUT2D eigenvalue weighted by Crippen LogP contribution is 2.48. The molecule has 1 aliphatic rings. The number of nitrogens with one attached hydrogen (secondary N) is 1. The topological polar surface area (TPSA) is 71.3 Å². The summed E-state index contributed by atoms with van der Waals surface area (Å²) < 4.78 is 28.5. The average Bonchev–Trinajstić information content (AvgIpc) is 3.03. The molecule has 0 unspecified atom stereocenters. The molecule has 5 nitrogen and oxygen atoms in total. The van der Waals surface area contributed by atoms with E-state index in [4.69, 9.17) is 5.11 Å². The molecule has 1 aliphatic carbocycles. The van der Waals surface area contributed by atoms with Crippen LogP contribution in [0.25, 0.3) is 0 Å². The fraction of sp³-hybridized carbons (Fsp3) is 0.667. The van der Waals surface area contributed by atoms with E-state index in [9.17, 15) is 8.42 Å². The van der Waals surface area contributed by atoms with Gasteiger partial charge >= 0.3 is 0 Å². The molecule has 1 aromatic heterocycles. The highest BCUT2D eigenvalue weighted by Gasteiger charge is 2.41. The maximum absolute atomic E-state index is 12.1. The van der Waals surface area contributed by atoms with Gasteiger partial charge in [-0.25, -0.2) is 13.1 Å². The number of sulfonamides is 1. The number of hydrogen-bond donors (Lipinski definition) is 2. The van der Waals surface area contributed by atoms with Crippen molar-refractivity contribution in [1.29, 1.82) is 0 Å². The van der Waals surface area contributed by atoms with Crippen LogP contribution in [0.3, 0.4) is 0 Å². The first kappa shape index (κ1) is 13.6. The van der Waals surface area contributed by atoms with Gasteiger partial charge in [0.1, 0.15) is 0 Å². The van der Waals surface area contributed by atoms with Crippen LogP contribution in [-0.4, -0.2) is 24.6 Å². The van der Waals surface area contributed by atoms with Crippen LogP contribution in [0.5, 0.6) is 0 Å². The largest absolute Gasteiger partial charge is 0.390 e. The van der Waals surface area contributed by atoms with Crippen LogP contribution in [0.2, 0.25) is 0 Å². The quantitative estimate of drug-likeness (QED) is 0.811. The molecule has 6 heteroatoms. The minimum Gasteiger partial charge on any atom is -0.390 e. The predicted octanol–water partition coefficient (Wildman–Crippen LogP) is 0.986. The van der Waals surface area contributed by atoms with Gasteiger partial charge in [-0.3, -0.25) is 0 Å². The smallest absolute Gasteiger partial charge is 0.242 e. The Morgan fingerprint density at radius 2 is 2.17 bits per heavy atom. The maximum Gasteiger partial charge on any atom is 0.242 e. The first-order chi connectivity index (χ1) is 8.42. The lowest BCUT2D eigenvalue weighted by molar-refractivity contribution is 0.272. The van der Waals surface area contributed by atoms with Gasteiger partial charge in [0.25, 0.3) is 0 Å². The lowest BCUT2D eigenvalue weighted by Crippen LogP contribution is -2.29. The lowest BCUT2D eigenvalue weighted by atomic mass is 10.1. The van der Waals surface area contributed by atoms with Crippen LogP contribution in [-0.2, 0) is 23.7 Å². The van der Waals surface area contributed by atoms with E-state index in [0.29, 0.717) is 12.2 Å². The highest BCUT2D eigenvalue weighted by atomic mass is 32.2. The van der Waals surface area contributed by atoms with Gasteiger partial charge in [0.15, 0.2) is 0 Å². The molecule has 0 atom stereocenters. The Morgan fingerprint density at radius 1 is 1.50 bits per heavy atom. The molecule has 0 aromatic carbocycles. The number of hydrogen-bond acceptors (Lipinski definition) is 3. The SMILES string of the molecule is CCC1(CNS(=O)(=O)c2cc(CO)n(C)c2)CC1. The Morgan fingerprint density at radius 3 is 2.61 bits per heavy atom.